The van der Waals surface area contributed by atoms with Crippen LogP contribution in [0.25, 0.3) is 6.08 Å². The van der Waals surface area contributed by atoms with Crippen molar-refractivity contribution in [2.45, 2.75) is 20.3 Å². The van der Waals surface area contributed by atoms with E-state index in [2.05, 4.69) is 4.98 Å². The van der Waals surface area contributed by atoms with E-state index < -0.39 is 0 Å². The van der Waals surface area contributed by atoms with Gasteiger partial charge in [-0.25, -0.2) is 4.98 Å². The monoisotopic (exact) mass is 198 g/mol. The summed E-state index contributed by atoms with van der Waals surface area (Å²) in [5.74, 6) is 0. The van der Waals surface area contributed by atoms with Crippen LogP contribution in [0.15, 0.2) is 11.9 Å². The first-order valence-electron chi connectivity index (χ1n) is 3.91. The molecule has 0 aliphatic heterocycles. The number of nitro groups is 1. The second kappa shape index (κ2) is 4.13. The van der Waals surface area contributed by atoms with Gasteiger partial charge in [0.25, 0.3) is 0 Å². The lowest BCUT2D eigenvalue weighted by molar-refractivity contribution is -0.425. The standard InChI is InChI=1S/C8H10N2O2S/c1-3-7(10(11)12)4-8-5-9-6(2)13-8/h4-5H,3H2,1-2H3. The minimum Gasteiger partial charge on any atom is -0.259 e. The fraction of sp³-hybridized carbons (Fsp3) is 0.375. The SMILES string of the molecule is CCC(=Cc1cnc(C)s1)[N+](=O)[O-]. The highest BCUT2D eigenvalue weighted by Crippen LogP contribution is 2.16. The van der Waals surface area contributed by atoms with Crippen LogP contribution in [-0.4, -0.2) is 9.91 Å². The Balaban J connectivity index is 2.91. The summed E-state index contributed by atoms with van der Waals surface area (Å²) in [6, 6.07) is 0. The first-order valence-corrected chi connectivity index (χ1v) is 4.72. The average molecular weight is 198 g/mol. The highest BCUT2D eigenvalue weighted by molar-refractivity contribution is 7.12. The molecule has 0 aromatic carbocycles. The van der Waals surface area contributed by atoms with Gasteiger partial charge in [0.2, 0.25) is 5.70 Å². The summed E-state index contributed by atoms with van der Waals surface area (Å²) in [6.07, 6.45) is 3.66. The van der Waals surface area contributed by atoms with Gasteiger partial charge in [-0.3, -0.25) is 10.1 Å². The Morgan fingerprint density at radius 3 is 2.92 bits per heavy atom. The summed E-state index contributed by atoms with van der Waals surface area (Å²) in [4.78, 5) is 15.0. The van der Waals surface area contributed by atoms with Crippen LogP contribution in [0.4, 0.5) is 0 Å². The molecule has 0 N–H and O–H groups in total. The van der Waals surface area contributed by atoms with E-state index in [1.165, 1.54) is 11.3 Å². The lowest BCUT2D eigenvalue weighted by atomic mass is 10.3. The van der Waals surface area contributed by atoms with E-state index in [0.29, 0.717) is 6.42 Å². The van der Waals surface area contributed by atoms with Crippen molar-refractivity contribution in [1.82, 2.24) is 4.98 Å². The predicted molar refractivity (Wildman–Crippen MR) is 52.1 cm³/mol. The molecule has 1 aromatic rings. The third-order valence-electron chi connectivity index (χ3n) is 1.54. The quantitative estimate of drug-likeness (QED) is 0.553. The van der Waals surface area contributed by atoms with E-state index in [1.54, 1.807) is 19.2 Å². The zero-order chi connectivity index (χ0) is 9.84. The van der Waals surface area contributed by atoms with Crippen LogP contribution < -0.4 is 0 Å². The number of rotatable bonds is 3. The maximum absolute atomic E-state index is 10.5. The molecule has 0 fully saturated rings. The van der Waals surface area contributed by atoms with E-state index in [4.69, 9.17) is 0 Å². The zero-order valence-electron chi connectivity index (χ0n) is 7.48. The van der Waals surface area contributed by atoms with Crippen LogP contribution in [0.5, 0.6) is 0 Å². The van der Waals surface area contributed by atoms with Crippen molar-refractivity contribution in [2.24, 2.45) is 0 Å². The van der Waals surface area contributed by atoms with E-state index in [0.717, 1.165) is 9.88 Å². The number of aromatic nitrogens is 1. The highest BCUT2D eigenvalue weighted by atomic mass is 32.1. The van der Waals surface area contributed by atoms with Crippen LogP contribution in [0.1, 0.15) is 23.2 Å². The molecule has 1 heterocycles. The molecule has 0 atom stereocenters. The molecular weight excluding hydrogens is 188 g/mol. The molecule has 1 rings (SSSR count). The number of allylic oxidation sites excluding steroid dienone is 1. The Morgan fingerprint density at radius 2 is 2.54 bits per heavy atom. The van der Waals surface area contributed by atoms with Gasteiger partial charge in [0.15, 0.2) is 0 Å². The maximum atomic E-state index is 10.5. The molecule has 5 heteroatoms. The van der Waals surface area contributed by atoms with Gasteiger partial charge >= 0.3 is 0 Å². The largest absolute Gasteiger partial charge is 0.259 e. The molecule has 0 spiro atoms. The minimum atomic E-state index is -0.352. The molecular formula is C8H10N2O2S. The Labute approximate surface area is 80.1 Å². The van der Waals surface area contributed by atoms with E-state index in [1.807, 2.05) is 6.92 Å². The maximum Gasteiger partial charge on any atom is 0.247 e. The molecule has 0 bridgehead atoms. The smallest absolute Gasteiger partial charge is 0.247 e. The number of aryl methyl sites for hydroxylation is 1. The number of hydrogen-bond acceptors (Lipinski definition) is 4. The Hall–Kier alpha value is -1.23. The van der Waals surface area contributed by atoms with Crippen LogP contribution in [0, 0.1) is 17.0 Å². The molecule has 0 radical (unpaired) electrons. The van der Waals surface area contributed by atoms with Gasteiger partial charge in [0, 0.05) is 18.7 Å². The molecule has 0 unspecified atom stereocenters. The Morgan fingerprint density at radius 1 is 1.85 bits per heavy atom. The number of hydrogen-bond donors (Lipinski definition) is 0. The summed E-state index contributed by atoms with van der Waals surface area (Å²) in [5.41, 5.74) is 0.226. The second-order valence-corrected chi connectivity index (χ2v) is 3.79. The van der Waals surface area contributed by atoms with Gasteiger partial charge in [0.05, 0.1) is 14.8 Å². The molecule has 0 aliphatic carbocycles. The summed E-state index contributed by atoms with van der Waals surface area (Å²) in [7, 11) is 0. The van der Waals surface area contributed by atoms with Crippen LogP contribution in [-0.2, 0) is 0 Å². The van der Waals surface area contributed by atoms with Gasteiger partial charge in [-0.2, -0.15) is 0 Å². The van der Waals surface area contributed by atoms with E-state index in [9.17, 15) is 10.1 Å². The van der Waals surface area contributed by atoms with E-state index in [-0.39, 0.29) is 10.6 Å². The zero-order valence-corrected chi connectivity index (χ0v) is 8.30. The molecule has 0 amide bonds. The van der Waals surface area contributed by atoms with E-state index >= 15 is 0 Å². The van der Waals surface area contributed by atoms with Crippen molar-refractivity contribution in [1.29, 1.82) is 0 Å². The summed E-state index contributed by atoms with van der Waals surface area (Å²) in [6.45, 7) is 3.64. The van der Waals surface area contributed by atoms with Crippen molar-refractivity contribution in [3.63, 3.8) is 0 Å². The molecule has 70 valence electrons. The average Bonchev–Trinajstić information content (AvgIpc) is 2.46. The topological polar surface area (TPSA) is 56.0 Å². The van der Waals surface area contributed by atoms with Crippen molar-refractivity contribution >= 4 is 17.4 Å². The van der Waals surface area contributed by atoms with Gasteiger partial charge in [-0.15, -0.1) is 11.3 Å². The minimum absolute atomic E-state index is 0.226. The fourth-order valence-corrected chi connectivity index (χ4v) is 1.64. The molecule has 0 saturated carbocycles. The van der Waals surface area contributed by atoms with Crippen molar-refractivity contribution in [3.05, 3.63) is 31.9 Å². The summed E-state index contributed by atoms with van der Waals surface area (Å²) >= 11 is 1.46. The van der Waals surface area contributed by atoms with Crippen molar-refractivity contribution in [2.75, 3.05) is 0 Å². The van der Waals surface area contributed by atoms with Crippen molar-refractivity contribution < 1.29 is 4.92 Å². The molecule has 13 heavy (non-hydrogen) atoms. The molecule has 0 saturated heterocycles. The first kappa shape index (κ1) is 9.85. The highest BCUT2D eigenvalue weighted by Gasteiger charge is 2.07. The summed E-state index contributed by atoms with van der Waals surface area (Å²) in [5, 5.41) is 11.4. The molecule has 0 aliphatic rings. The molecule has 1 aromatic heterocycles. The molecule has 4 nitrogen and oxygen atoms in total. The van der Waals surface area contributed by atoms with Crippen LogP contribution in [0.3, 0.4) is 0 Å². The fourth-order valence-electron chi connectivity index (χ4n) is 0.893. The second-order valence-electron chi connectivity index (χ2n) is 2.53. The lowest BCUT2D eigenvalue weighted by Gasteiger charge is -1.90. The first-order chi connectivity index (χ1) is 6.13. The van der Waals surface area contributed by atoms with Gasteiger partial charge < -0.3 is 0 Å². The number of nitrogens with zero attached hydrogens (tertiary/aromatic N) is 2. The third kappa shape index (κ3) is 2.62. The third-order valence-corrected chi connectivity index (χ3v) is 2.40. The van der Waals surface area contributed by atoms with Crippen LogP contribution in [0.2, 0.25) is 0 Å². The number of thiazole rings is 1. The lowest BCUT2D eigenvalue weighted by Crippen LogP contribution is -1.95. The van der Waals surface area contributed by atoms with Gasteiger partial charge in [0.1, 0.15) is 0 Å². The van der Waals surface area contributed by atoms with Gasteiger partial charge in [-0.05, 0) is 6.92 Å². The van der Waals surface area contributed by atoms with Crippen LogP contribution >= 0.6 is 11.3 Å². The predicted octanol–water partition coefficient (Wildman–Crippen LogP) is 2.48. The normalized spacial score (nSPS) is 11.7. The van der Waals surface area contributed by atoms with Gasteiger partial charge in [-0.1, -0.05) is 6.92 Å². The Kier molecular flexibility index (Phi) is 3.13. The Bertz CT molecular complexity index is 344. The summed E-state index contributed by atoms with van der Waals surface area (Å²) < 4.78 is 0. The van der Waals surface area contributed by atoms with Crippen molar-refractivity contribution in [3.8, 4) is 0 Å².